The maximum atomic E-state index is 5.49. The molecule has 2 aromatic heterocycles. The van der Waals surface area contributed by atoms with Gasteiger partial charge in [0.1, 0.15) is 16.5 Å². The van der Waals surface area contributed by atoms with Crippen LogP contribution >= 0.6 is 11.3 Å². The zero-order chi connectivity index (χ0) is 17.3. The van der Waals surface area contributed by atoms with Gasteiger partial charge < -0.3 is 9.64 Å². The zero-order valence-corrected chi connectivity index (χ0v) is 16.1. The van der Waals surface area contributed by atoms with Crippen molar-refractivity contribution in [1.82, 2.24) is 14.9 Å². The SMILES string of the molecule is C1=CCN(c2nc(CN3CCOCC3)nc3sc4c(c23)CCCC4)CC1. The van der Waals surface area contributed by atoms with Gasteiger partial charge in [0.2, 0.25) is 0 Å². The highest BCUT2D eigenvalue weighted by atomic mass is 32.1. The van der Waals surface area contributed by atoms with Crippen LogP contribution in [0.25, 0.3) is 10.2 Å². The van der Waals surface area contributed by atoms with E-state index in [9.17, 15) is 0 Å². The van der Waals surface area contributed by atoms with E-state index in [4.69, 9.17) is 14.7 Å². The molecule has 0 atom stereocenters. The molecule has 4 heterocycles. The summed E-state index contributed by atoms with van der Waals surface area (Å²) in [5.74, 6) is 2.16. The molecular formula is C20H26N4OS. The summed E-state index contributed by atoms with van der Waals surface area (Å²) in [5.41, 5.74) is 1.54. The van der Waals surface area contributed by atoms with Crippen molar-refractivity contribution in [2.24, 2.45) is 0 Å². The molecule has 0 radical (unpaired) electrons. The Balaban J connectivity index is 1.57. The number of hydrogen-bond donors (Lipinski definition) is 0. The zero-order valence-electron chi connectivity index (χ0n) is 15.2. The van der Waals surface area contributed by atoms with Gasteiger partial charge >= 0.3 is 0 Å². The maximum Gasteiger partial charge on any atom is 0.146 e. The van der Waals surface area contributed by atoms with Gasteiger partial charge in [-0.05, 0) is 37.7 Å². The van der Waals surface area contributed by atoms with Crippen LogP contribution in [-0.4, -0.2) is 54.3 Å². The molecule has 0 aromatic carbocycles. The van der Waals surface area contributed by atoms with E-state index >= 15 is 0 Å². The van der Waals surface area contributed by atoms with Crippen LogP contribution in [0.5, 0.6) is 0 Å². The molecule has 0 unspecified atom stereocenters. The third-order valence-corrected chi connectivity index (χ3v) is 6.85. The van der Waals surface area contributed by atoms with E-state index < -0.39 is 0 Å². The predicted octanol–water partition coefficient (Wildman–Crippen LogP) is 3.17. The number of rotatable bonds is 3. The Labute approximate surface area is 158 Å². The van der Waals surface area contributed by atoms with Crippen LogP contribution in [0.2, 0.25) is 0 Å². The standard InChI is InChI=1S/C20H26N4OS/c1-4-8-24(9-5-1)19-18-15-6-2-3-7-16(15)26-20(18)22-17(21-19)14-23-10-12-25-13-11-23/h1,4H,2-3,5-14H2. The van der Waals surface area contributed by atoms with Gasteiger partial charge in [-0.2, -0.15) is 0 Å². The molecule has 26 heavy (non-hydrogen) atoms. The molecule has 0 amide bonds. The van der Waals surface area contributed by atoms with Gasteiger partial charge in [0.05, 0.1) is 25.1 Å². The Bertz CT molecular complexity index is 825. The number of aryl methyl sites for hydroxylation is 2. The first-order valence-electron chi connectivity index (χ1n) is 9.90. The number of hydrogen-bond acceptors (Lipinski definition) is 6. The Hall–Kier alpha value is -1.50. The number of anilines is 1. The van der Waals surface area contributed by atoms with Crippen molar-refractivity contribution in [1.29, 1.82) is 0 Å². The van der Waals surface area contributed by atoms with E-state index in [1.54, 1.807) is 10.4 Å². The molecule has 138 valence electrons. The summed E-state index contributed by atoms with van der Waals surface area (Å²) in [4.78, 5) is 17.7. The van der Waals surface area contributed by atoms with E-state index in [1.807, 2.05) is 11.3 Å². The Kier molecular flexibility index (Phi) is 4.65. The van der Waals surface area contributed by atoms with Gasteiger partial charge in [0.15, 0.2) is 0 Å². The molecule has 2 aromatic rings. The van der Waals surface area contributed by atoms with Gasteiger partial charge in [-0.15, -0.1) is 11.3 Å². The predicted molar refractivity (Wildman–Crippen MR) is 106 cm³/mol. The lowest BCUT2D eigenvalue weighted by Gasteiger charge is -2.28. The third-order valence-electron chi connectivity index (χ3n) is 5.67. The third kappa shape index (κ3) is 3.15. The number of ether oxygens (including phenoxy) is 1. The van der Waals surface area contributed by atoms with E-state index in [0.29, 0.717) is 0 Å². The lowest BCUT2D eigenvalue weighted by Crippen LogP contribution is -2.36. The molecule has 5 rings (SSSR count). The Morgan fingerprint density at radius 1 is 1.04 bits per heavy atom. The van der Waals surface area contributed by atoms with Crippen molar-refractivity contribution in [3.05, 3.63) is 28.4 Å². The quantitative estimate of drug-likeness (QED) is 0.777. The van der Waals surface area contributed by atoms with Crippen LogP contribution in [0.15, 0.2) is 12.2 Å². The molecule has 2 aliphatic heterocycles. The van der Waals surface area contributed by atoms with Gasteiger partial charge in [-0.25, -0.2) is 9.97 Å². The van der Waals surface area contributed by atoms with Crippen molar-refractivity contribution >= 4 is 27.4 Å². The van der Waals surface area contributed by atoms with Crippen molar-refractivity contribution in [3.63, 3.8) is 0 Å². The largest absolute Gasteiger partial charge is 0.379 e. The number of fused-ring (bicyclic) bond motifs is 3. The van der Waals surface area contributed by atoms with Gasteiger partial charge in [0, 0.05) is 31.1 Å². The second kappa shape index (κ2) is 7.25. The van der Waals surface area contributed by atoms with Crippen molar-refractivity contribution in [3.8, 4) is 0 Å². The highest BCUT2D eigenvalue weighted by Crippen LogP contribution is 2.40. The van der Waals surface area contributed by atoms with E-state index in [1.165, 1.54) is 41.7 Å². The fourth-order valence-corrected chi connectivity index (χ4v) is 5.55. The maximum absolute atomic E-state index is 5.49. The van der Waals surface area contributed by atoms with Gasteiger partial charge in [0.25, 0.3) is 0 Å². The molecular weight excluding hydrogens is 344 g/mol. The molecule has 0 spiro atoms. The topological polar surface area (TPSA) is 41.5 Å². The number of nitrogens with zero attached hydrogens (tertiary/aromatic N) is 4. The number of morpholine rings is 1. The molecule has 6 heteroatoms. The lowest BCUT2D eigenvalue weighted by molar-refractivity contribution is 0.0331. The average molecular weight is 371 g/mol. The minimum Gasteiger partial charge on any atom is -0.379 e. The molecule has 1 fully saturated rings. The normalized spacial score (nSPS) is 21.3. The smallest absolute Gasteiger partial charge is 0.146 e. The first-order chi connectivity index (χ1) is 12.9. The fraction of sp³-hybridized carbons (Fsp3) is 0.600. The summed E-state index contributed by atoms with van der Waals surface area (Å²) in [6.45, 7) is 6.45. The summed E-state index contributed by atoms with van der Waals surface area (Å²) in [6, 6.07) is 0. The first-order valence-corrected chi connectivity index (χ1v) is 10.7. The van der Waals surface area contributed by atoms with E-state index in [0.717, 1.165) is 58.2 Å². The van der Waals surface area contributed by atoms with Crippen LogP contribution in [0.3, 0.4) is 0 Å². The Morgan fingerprint density at radius 2 is 1.92 bits per heavy atom. The van der Waals surface area contributed by atoms with E-state index in [-0.39, 0.29) is 0 Å². The van der Waals surface area contributed by atoms with Crippen molar-refractivity contribution in [2.45, 2.75) is 38.6 Å². The summed E-state index contributed by atoms with van der Waals surface area (Å²) >= 11 is 1.92. The minimum absolute atomic E-state index is 0.819. The van der Waals surface area contributed by atoms with Gasteiger partial charge in [-0.3, -0.25) is 4.90 Å². The van der Waals surface area contributed by atoms with Crippen LogP contribution < -0.4 is 4.90 Å². The molecule has 5 nitrogen and oxygen atoms in total. The molecule has 3 aliphatic rings. The summed E-state index contributed by atoms with van der Waals surface area (Å²) in [7, 11) is 0. The van der Waals surface area contributed by atoms with Crippen LogP contribution in [0.1, 0.15) is 35.5 Å². The minimum atomic E-state index is 0.819. The summed E-state index contributed by atoms with van der Waals surface area (Å²) < 4.78 is 5.49. The lowest BCUT2D eigenvalue weighted by atomic mass is 9.97. The molecule has 0 N–H and O–H groups in total. The Morgan fingerprint density at radius 3 is 2.77 bits per heavy atom. The first kappa shape index (κ1) is 16.7. The fourth-order valence-electron chi connectivity index (χ4n) is 4.27. The summed E-state index contributed by atoms with van der Waals surface area (Å²) in [5, 5.41) is 1.35. The molecule has 1 aliphatic carbocycles. The number of aromatic nitrogens is 2. The molecule has 0 bridgehead atoms. The van der Waals surface area contributed by atoms with Gasteiger partial charge in [-0.1, -0.05) is 12.2 Å². The monoisotopic (exact) mass is 370 g/mol. The van der Waals surface area contributed by atoms with Crippen LogP contribution in [0.4, 0.5) is 5.82 Å². The number of thiophene rings is 1. The van der Waals surface area contributed by atoms with E-state index in [2.05, 4.69) is 22.0 Å². The average Bonchev–Trinajstić information content (AvgIpc) is 3.07. The highest BCUT2D eigenvalue weighted by molar-refractivity contribution is 7.19. The highest BCUT2D eigenvalue weighted by Gasteiger charge is 2.24. The second-order valence-corrected chi connectivity index (χ2v) is 8.53. The van der Waals surface area contributed by atoms with Crippen LogP contribution in [0, 0.1) is 0 Å². The second-order valence-electron chi connectivity index (χ2n) is 7.45. The molecule has 1 saturated heterocycles. The molecule has 0 saturated carbocycles. The van der Waals surface area contributed by atoms with Crippen molar-refractivity contribution in [2.75, 3.05) is 44.3 Å². The summed E-state index contributed by atoms with van der Waals surface area (Å²) in [6.07, 6.45) is 10.7. The van der Waals surface area contributed by atoms with Crippen molar-refractivity contribution < 1.29 is 4.74 Å². The van der Waals surface area contributed by atoms with Crippen LogP contribution in [-0.2, 0) is 24.1 Å².